The molecule has 2 atom stereocenters. The van der Waals surface area contributed by atoms with E-state index < -0.39 is 0 Å². The van der Waals surface area contributed by atoms with Crippen LogP contribution in [0.5, 0.6) is 0 Å². The Kier molecular flexibility index (Phi) is 4.85. The second-order valence-electron chi connectivity index (χ2n) is 7.58. The second-order valence-corrected chi connectivity index (χ2v) is 7.58. The highest BCUT2D eigenvalue weighted by Gasteiger charge is 2.42. The first-order valence-corrected chi connectivity index (χ1v) is 8.79. The molecule has 3 aliphatic rings. The summed E-state index contributed by atoms with van der Waals surface area (Å²) in [7, 11) is 2.00. The summed E-state index contributed by atoms with van der Waals surface area (Å²) in [5.41, 5.74) is 0. The third kappa shape index (κ3) is 4.43. The Bertz CT molecular complexity index is 354. The van der Waals surface area contributed by atoms with Crippen LogP contribution < -0.4 is 5.32 Å². The molecule has 3 fully saturated rings. The van der Waals surface area contributed by atoms with Crippen LogP contribution in [0.4, 0.5) is 0 Å². The molecule has 0 aliphatic heterocycles. The van der Waals surface area contributed by atoms with Gasteiger partial charge in [0, 0.05) is 12.6 Å². The zero-order chi connectivity index (χ0) is 14.8. The molecule has 4 nitrogen and oxygen atoms in total. The number of nitrogens with zero attached hydrogens (tertiary/aromatic N) is 1. The second kappa shape index (κ2) is 6.66. The molecule has 0 radical (unpaired) electrons. The van der Waals surface area contributed by atoms with E-state index in [0.717, 1.165) is 37.6 Å². The Labute approximate surface area is 128 Å². The molecule has 0 saturated heterocycles. The highest BCUT2D eigenvalue weighted by Crippen LogP contribution is 2.44. The van der Waals surface area contributed by atoms with E-state index in [0.29, 0.717) is 18.5 Å². The maximum Gasteiger partial charge on any atom is 0.234 e. The van der Waals surface area contributed by atoms with E-state index in [4.69, 9.17) is 0 Å². The Hall–Kier alpha value is -0.610. The van der Waals surface area contributed by atoms with Crippen molar-refractivity contribution in [2.45, 2.75) is 63.5 Å². The average Bonchev–Trinajstić information content (AvgIpc) is 3.31. The van der Waals surface area contributed by atoms with Crippen LogP contribution in [0, 0.1) is 17.8 Å². The summed E-state index contributed by atoms with van der Waals surface area (Å²) < 4.78 is 0. The van der Waals surface area contributed by atoms with Crippen molar-refractivity contribution in [1.29, 1.82) is 0 Å². The van der Waals surface area contributed by atoms with Gasteiger partial charge in [-0.1, -0.05) is 12.8 Å². The Morgan fingerprint density at radius 2 is 1.76 bits per heavy atom. The molecule has 4 heteroatoms. The third-order valence-electron chi connectivity index (χ3n) is 5.42. The highest BCUT2D eigenvalue weighted by atomic mass is 16.3. The van der Waals surface area contributed by atoms with Gasteiger partial charge < -0.3 is 10.4 Å². The molecule has 3 aliphatic carbocycles. The van der Waals surface area contributed by atoms with E-state index in [1.807, 2.05) is 7.05 Å². The van der Waals surface area contributed by atoms with Gasteiger partial charge in [-0.2, -0.15) is 0 Å². The fourth-order valence-corrected chi connectivity index (χ4v) is 3.87. The fourth-order valence-electron chi connectivity index (χ4n) is 3.87. The molecule has 0 spiro atoms. The lowest BCUT2D eigenvalue weighted by atomic mass is 9.86. The van der Waals surface area contributed by atoms with Crippen LogP contribution in [0.2, 0.25) is 0 Å². The van der Waals surface area contributed by atoms with Crippen molar-refractivity contribution >= 4 is 5.91 Å². The van der Waals surface area contributed by atoms with Crippen LogP contribution in [0.25, 0.3) is 0 Å². The minimum atomic E-state index is -0.171. The molecular formula is C17H30N2O2. The maximum absolute atomic E-state index is 12.2. The van der Waals surface area contributed by atoms with Crippen molar-refractivity contribution in [3.8, 4) is 0 Å². The summed E-state index contributed by atoms with van der Waals surface area (Å²) in [6, 6.07) is 0.450. The van der Waals surface area contributed by atoms with Gasteiger partial charge in [-0.25, -0.2) is 0 Å². The highest BCUT2D eigenvalue weighted by molar-refractivity contribution is 5.78. The first-order chi connectivity index (χ1) is 10.1. The van der Waals surface area contributed by atoms with Gasteiger partial charge >= 0.3 is 0 Å². The third-order valence-corrected chi connectivity index (χ3v) is 5.42. The Morgan fingerprint density at radius 3 is 2.33 bits per heavy atom. The molecular weight excluding hydrogens is 264 g/mol. The minimum Gasteiger partial charge on any atom is -0.393 e. The van der Waals surface area contributed by atoms with Crippen molar-refractivity contribution in [2.75, 3.05) is 20.1 Å². The normalized spacial score (nSPS) is 29.9. The summed E-state index contributed by atoms with van der Waals surface area (Å²) in [5.74, 6) is 2.03. The summed E-state index contributed by atoms with van der Waals surface area (Å²) >= 11 is 0. The number of amides is 1. The van der Waals surface area contributed by atoms with Gasteiger partial charge in [-0.05, 0) is 63.3 Å². The van der Waals surface area contributed by atoms with Crippen molar-refractivity contribution in [3.63, 3.8) is 0 Å². The molecule has 21 heavy (non-hydrogen) atoms. The lowest BCUT2D eigenvalue weighted by molar-refractivity contribution is -0.123. The predicted molar refractivity (Wildman–Crippen MR) is 82.8 cm³/mol. The molecule has 3 saturated carbocycles. The molecule has 0 aromatic heterocycles. The SMILES string of the molecule is CN(CC(=O)NC(C1CC1)C1CC1)CC1CCCCC1O. The molecule has 1 amide bonds. The van der Waals surface area contributed by atoms with Crippen molar-refractivity contribution < 1.29 is 9.90 Å². The zero-order valence-electron chi connectivity index (χ0n) is 13.3. The number of hydrogen-bond donors (Lipinski definition) is 2. The standard InChI is InChI=1S/C17H30N2O2/c1-19(10-14-4-2-3-5-15(14)20)11-16(21)18-17(12-6-7-12)13-8-9-13/h12-15,17,20H,2-11H2,1H3,(H,18,21). The van der Waals surface area contributed by atoms with Crippen LogP contribution in [-0.2, 0) is 4.79 Å². The first-order valence-electron chi connectivity index (χ1n) is 8.79. The monoisotopic (exact) mass is 294 g/mol. The number of hydrogen-bond acceptors (Lipinski definition) is 3. The van der Waals surface area contributed by atoms with Crippen LogP contribution in [0.15, 0.2) is 0 Å². The number of likely N-dealkylation sites (N-methyl/N-ethyl adjacent to an activating group) is 1. The lowest BCUT2D eigenvalue weighted by Crippen LogP contribution is -2.45. The largest absolute Gasteiger partial charge is 0.393 e. The average molecular weight is 294 g/mol. The number of nitrogens with one attached hydrogen (secondary N) is 1. The summed E-state index contributed by atoms with van der Waals surface area (Å²) in [6.07, 6.45) is 9.40. The number of rotatable bonds is 7. The van der Waals surface area contributed by atoms with Crippen molar-refractivity contribution in [1.82, 2.24) is 10.2 Å². The fraction of sp³-hybridized carbons (Fsp3) is 0.941. The topological polar surface area (TPSA) is 52.6 Å². The van der Waals surface area contributed by atoms with Gasteiger partial charge in [0.15, 0.2) is 0 Å². The van der Waals surface area contributed by atoms with E-state index in [9.17, 15) is 9.90 Å². The van der Waals surface area contributed by atoms with Crippen LogP contribution in [0.1, 0.15) is 51.4 Å². The molecule has 0 heterocycles. The zero-order valence-corrected chi connectivity index (χ0v) is 13.3. The van der Waals surface area contributed by atoms with Gasteiger partial charge in [0.1, 0.15) is 0 Å². The van der Waals surface area contributed by atoms with Gasteiger partial charge in [0.2, 0.25) is 5.91 Å². The molecule has 2 unspecified atom stereocenters. The molecule has 120 valence electrons. The van der Waals surface area contributed by atoms with Gasteiger partial charge in [0.05, 0.1) is 12.6 Å². The van der Waals surface area contributed by atoms with Gasteiger partial charge in [-0.3, -0.25) is 9.69 Å². The van der Waals surface area contributed by atoms with E-state index in [1.165, 1.54) is 32.1 Å². The Balaban J connectivity index is 1.41. The van der Waals surface area contributed by atoms with Crippen molar-refractivity contribution in [3.05, 3.63) is 0 Å². The molecule has 0 aromatic rings. The van der Waals surface area contributed by atoms with Crippen molar-refractivity contribution in [2.24, 2.45) is 17.8 Å². The van der Waals surface area contributed by atoms with Crippen LogP contribution in [0.3, 0.4) is 0 Å². The van der Waals surface area contributed by atoms with E-state index in [2.05, 4.69) is 10.2 Å². The smallest absolute Gasteiger partial charge is 0.234 e. The number of carbonyl (C=O) groups excluding carboxylic acids is 1. The van der Waals surface area contributed by atoms with E-state index in [1.54, 1.807) is 0 Å². The minimum absolute atomic E-state index is 0.171. The number of aliphatic hydroxyl groups excluding tert-OH is 1. The van der Waals surface area contributed by atoms with E-state index >= 15 is 0 Å². The first kappa shape index (κ1) is 15.3. The number of aliphatic hydroxyl groups is 1. The molecule has 2 N–H and O–H groups in total. The van der Waals surface area contributed by atoms with Gasteiger partial charge in [0.25, 0.3) is 0 Å². The maximum atomic E-state index is 12.2. The predicted octanol–water partition coefficient (Wildman–Crippen LogP) is 1.77. The van der Waals surface area contributed by atoms with Crippen LogP contribution in [-0.4, -0.2) is 48.2 Å². The quantitative estimate of drug-likeness (QED) is 0.752. The van der Waals surface area contributed by atoms with Gasteiger partial charge in [-0.15, -0.1) is 0 Å². The Morgan fingerprint density at radius 1 is 1.14 bits per heavy atom. The van der Waals surface area contributed by atoms with E-state index in [-0.39, 0.29) is 12.0 Å². The van der Waals surface area contributed by atoms with Crippen LogP contribution >= 0.6 is 0 Å². The summed E-state index contributed by atoms with van der Waals surface area (Å²) in [4.78, 5) is 14.3. The summed E-state index contributed by atoms with van der Waals surface area (Å²) in [5, 5.41) is 13.3. The molecule has 3 rings (SSSR count). The molecule has 0 aromatic carbocycles. The number of carbonyl (C=O) groups is 1. The molecule has 0 bridgehead atoms. The lowest BCUT2D eigenvalue weighted by Gasteiger charge is -2.31. The summed E-state index contributed by atoms with van der Waals surface area (Å²) in [6.45, 7) is 1.31.